The molecule has 0 radical (unpaired) electrons. The molecule has 1 saturated heterocycles. The zero-order chi connectivity index (χ0) is 18.7. The van der Waals surface area contributed by atoms with Crippen LogP contribution in [0.5, 0.6) is 0 Å². The Morgan fingerprint density at radius 3 is 2.62 bits per heavy atom. The predicted octanol–water partition coefficient (Wildman–Crippen LogP) is 2.39. The fourth-order valence-electron chi connectivity index (χ4n) is 2.66. The van der Waals surface area contributed by atoms with Crippen LogP contribution in [-0.4, -0.2) is 35.1 Å². The van der Waals surface area contributed by atoms with Gasteiger partial charge in [0.25, 0.3) is 5.91 Å². The second-order valence-electron chi connectivity index (χ2n) is 5.79. The lowest BCUT2D eigenvalue weighted by molar-refractivity contribution is -0.128. The van der Waals surface area contributed by atoms with Gasteiger partial charge in [-0.2, -0.15) is 0 Å². The number of carbonyl (C=O) groups is 2. The highest BCUT2D eigenvalue weighted by Gasteiger charge is 2.31. The van der Waals surface area contributed by atoms with Crippen LogP contribution in [0.25, 0.3) is 0 Å². The van der Waals surface area contributed by atoms with Gasteiger partial charge in [0, 0.05) is 27.0 Å². The number of hydrogen-bond donors (Lipinski definition) is 2. The molecule has 1 heterocycles. The van der Waals surface area contributed by atoms with Crippen LogP contribution in [0.15, 0.2) is 53.4 Å². The van der Waals surface area contributed by atoms with Gasteiger partial charge in [-0.05, 0) is 35.4 Å². The number of alkyl carbamates (subject to hydrolysis) is 1. The smallest absolute Gasteiger partial charge is 0.408 e. The van der Waals surface area contributed by atoms with Gasteiger partial charge >= 0.3 is 6.09 Å². The summed E-state index contributed by atoms with van der Waals surface area (Å²) in [7, 11) is -1.15. The lowest BCUT2D eigenvalue weighted by atomic mass is 9.98. The van der Waals surface area contributed by atoms with Crippen LogP contribution in [0.2, 0.25) is 5.02 Å². The summed E-state index contributed by atoms with van der Waals surface area (Å²) in [5.74, 6) is -0.411. The number of rotatable bonds is 5. The van der Waals surface area contributed by atoms with E-state index < -0.39 is 34.9 Å². The summed E-state index contributed by atoms with van der Waals surface area (Å²) in [5, 5.41) is 5.93. The second kappa shape index (κ2) is 7.88. The van der Waals surface area contributed by atoms with Gasteiger partial charge in [-0.15, -0.1) is 0 Å². The van der Waals surface area contributed by atoms with E-state index in [2.05, 4.69) is 10.6 Å². The molecule has 0 saturated carbocycles. The SMILES string of the molecule is CS(=O)c1cccc(C(NC(=O)C2CNC(=O)O2)c2ccc(Cl)cc2)c1. The first kappa shape index (κ1) is 18.4. The van der Waals surface area contributed by atoms with Crippen LogP contribution in [0.4, 0.5) is 4.79 Å². The topological polar surface area (TPSA) is 84.5 Å². The molecule has 1 aliphatic heterocycles. The lowest BCUT2D eigenvalue weighted by Gasteiger charge is -2.22. The van der Waals surface area contributed by atoms with Crippen molar-refractivity contribution in [2.24, 2.45) is 0 Å². The Balaban J connectivity index is 1.92. The second-order valence-corrected chi connectivity index (χ2v) is 7.61. The zero-order valence-corrected chi connectivity index (χ0v) is 15.5. The fourth-order valence-corrected chi connectivity index (χ4v) is 3.36. The maximum atomic E-state index is 12.5. The molecule has 3 rings (SSSR count). The van der Waals surface area contributed by atoms with Crippen LogP contribution in [-0.2, 0) is 20.3 Å². The van der Waals surface area contributed by atoms with Crippen molar-refractivity contribution in [3.05, 3.63) is 64.7 Å². The molecule has 0 aliphatic carbocycles. The first-order valence-corrected chi connectivity index (χ1v) is 9.81. The van der Waals surface area contributed by atoms with Crippen molar-refractivity contribution in [2.45, 2.75) is 17.0 Å². The summed E-state index contributed by atoms with van der Waals surface area (Å²) in [5.41, 5.74) is 1.57. The molecule has 0 spiro atoms. The largest absolute Gasteiger partial charge is 0.434 e. The van der Waals surface area contributed by atoms with Crippen molar-refractivity contribution in [2.75, 3.05) is 12.8 Å². The first-order valence-electron chi connectivity index (χ1n) is 7.88. The molecule has 8 heteroatoms. The van der Waals surface area contributed by atoms with E-state index in [-0.39, 0.29) is 6.54 Å². The van der Waals surface area contributed by atoms with Gasteiger partial charge in [-0.3, -0.25) is 9.00 Å². The molecule has 3 atom stereocenters. The molecule has 6 nitrogen and oxygen atoms in total. The van der Waals surface area contributed by atoms with E-state index in [9.17, 15) is 13.8 Å². The molecule has 0 bridgehead atoms. The number of halogens is 1. The molecule has 2 aromatic carbocycles. The molecule has 2 N–H and O–H groups in total. The van der Waals surface area contributed by atoms with Gasteiger partial charge < -0.3 is 15.4 Å². The quantitative estimate of drug-likeness (QED) is 0.818. The average Bonchev–Trinajstić information content (AvgIpc) is 3.07. The van der Waals surface area contributed by atoms with Crippen LogP contribution >= 0.6 is 11.6 Å². The Kier molecular flexibility index (Phi) is 5.58. The number of nitrogens with one attached hydrogen (secondary N) is 2. The molecule has 2 aromatic rings. The summed E-state index contributed by atoms with van der Waals surface area (Å²) in [6, 6.07) is 13.8. The van der Waals surface area contributed by atoms with Crippen molar-refractivity contribution in [3.63, 3.8) is 0 Å². The third-order valence-corrected chi connectivity index (χ3v) is 5.16. The number of cyclic esters (lactones) is 1. The van der Waals surface area contributed by atoms with E-state index in [1.54, 1.807) is 36.6 Å². The van der Waals surface area contributed by atoms with Gasteiger partial charge in [-0.25, -0.2) is 4.79 Å². The van der Waals surface area contributed by atoms with E-state index >= 15 is 0 Å². The number of benzene rings is 2. The molecular formula is C18H17ClN2O4S. The average molecular weight is 393 g/mol. The van der Waals surface area contributed by atoms with Gasteiger partial charge in [0.05, 0.1) is 12.6 Å². The zero-order valence-electron chi connectivity index (χ0n) is 13.9. The Labute approximate surface area is 158 Å². The minimum Gasteiger partial charge on any atom is -0.434 e. The van der Waals surface area contributed by atoms with Gasteiger partial charge in [-0.1, -0.05) is 35.9 Å². The Morgan fingerprint density at radius 2 is 2.00 bits per heavy atom. The molecular weight excluding hydrogens is 376 g/mol. The highest BCUT2D eigenvalue weighted by molar-refractivity contribution is 7.84. The predicted molar refractivity (Wildman–Crippen MR) is 98.5 cm³/mol. The number of hydrogen-bond acceptors (Lipinski definition) is 4. The maximum Gasteiger partial charge on any atom is 0.408 e. The molecule has 3 unspecified atom stereocenters. The van der Waals surface area contributed by atoms with E-state index in [4.69, 9.17) is 16.3 Å². The third-order valence-electron chi connectivity index (χ3n) is 3.99. The lowest BCUT2D eigenvalue weighted by Crippen LogP contribution is -2.39. The highest BCUT2D eigenvalue weighted by Crippen LogP contribution is 2.25. The summed E-state index contributed by atoms with van der Waals surface area (Å²) in [4.78, 5) is 24.4. The summed E-state index contributed by atoms with van der Waals surface area (Å²) in [6.07, 6.45) is 0.0934. The van der Waals surface area contributed by atoms with Crippen LogP contribution < -0.4 is 10.6 Å². The fraction of sp³-hybridized carbons (Fsp3) is 0.222. The normalized spacial score (nSPS) is 18.5. The van der Waals surface area contributed by atoms with Crippen LogP contribution in [0.1, 0.15) is 17.2 Å². The van der Waals surface area contributed by atoms with Crippen molar-refractivity contribution in [1.29, 1.82) is 0 Å². The van der Waals surface area contributed by atoms with Gasteiger partial charge in [0.15, 0.2) is 6.10 Å². The standard InChI is InChI=1S/C18H17ClN2O4S/c1-26(24)14-4-2-3-12(9-14)16(11-5-7-13(19)8-6-11)21-17(22)15-10-20-18(23)25-15/h2-9,15-16H,10H2,1H3,(H,20,23)(H,21,22). The van der Waals surface area contributed by atoms with Crippen molar-refractivity contribution < 1.29 is 18.5 Å². The van der Waals surface area contributed by atoms with E-state index in [0.29, 0.717) is 9.92 Å². The molecule has 1 aliphatic rings. The van der Waals surface area contributed by atoms with Crippen molar-refractivity contribution >= 4 is 34.4 Å². The monoisotopic (exact) mass is 392 g/mol. The summed E-state index contributed by atoms with van der Waals surface area (Å²) in [6.45, 7) is 0.122. The molecule has 1 fully saturated rings. The Hall–Kier alpha value is -2.38. The van der Waals surface area contributed by atoms with Gasteiger partial charge in [0.1, 0.15) is 0 Å². The maximum absolute atomic E-state index is 12.5. The van der Waals surface area contributed by atoms with E-state index in [0.717, 1.165) is 11.1 Å². The van der Waals surface area contributed by atoms with Crippen molar-refractivity contribution in [3.8, 4) is 0 Å². The molecule has 0 aromatic heterocycles. The highest BCUT2D eigenvalue weighted by atomic mass is 35.5. The van der Waals surface area contributed by atoms with Crippen molar-refractivity contribution in [1.82, 2.24) is 10.6 Å². The van der Waals surface area contributed by atoms with Gasteiger partial charge in [0.2, 0.25) is 0 Å². The Bertz CT molecular complexity index is 857. The minimum atomic E-state index is -1.15. The minimum absolute atomic E-state index is 0.122. The van der Waals surface area contributed by atoms with E-state index in [1.165, 1.54) is 0 Å². The number of amides is 2. The summed E-state index contributed by atoms with van der Waals surface area (Å²) < 4.78 is 16.8. The number of carbonyl (C=O) groups excluding carboxylic acids is 2. The van der Waals surface area contributed by atoms with Crippen LogP contribution in [0, 0.1) is 0 Å². The molecule has 26 heavy (non-hydrogen) atoms. The summed E-state index contributed by atoms with van der Waals surface area (Å²) >= 11 is 5.96. The Morgan fingerprint density at radius 1 is 1.27 bits per heavy atom. The molecule has 2 amide bonds. The first-order chi connectivity index (χ1) is 12.4. The number of ether oxygens (including phenoxy) is 1. The van der Waals surface area contributed by atoms with Crippen LogP contribution in [0.3, 0.4) is 0 Å². The van der Waals surface area contributed by atoms with E-state index in [1.807, 2.05) is 18.2 Å². The molecule has 136 valence electrons. The third kappa shape index (κ3) is 4.23.